The molecule has 3 nitrogen and oxygen atoms in total. The quantitative estimate of drug-likeness (QED) is 0.328. The minimum absolute atomic E-state index is 0.0370. The molecule has 4 heteroatoms. The molecule has 3 rings (SSSR count). The third-order valence-electron chi connectivity index (χ3n) is 6.83. The van der Waals surface area contributed by atoms with Crippen LogP contribution in [0.15, 0.2) is 30.9 Å². The van der Waals surface area contributed by atoms with E-state index in [9.17, 15) is 9.18 Å². The molecule has 1 aromatic carbocycles. The number of ether oxygens (including phenoxy) is 1. The number of carbonyl (C=O) groups is 1. The van der Waals surface area contributed by atoms with Crippen LogP contribution in [0.2, 0.25) is 0 Å². The zero-order valence-corrected chi connectivity index (χ0v) is 16.6. The van der Waals surface area contributed by atoms with Crippen LogP contribution in [-0.2, 0) is 4.79 Å². The van der Waals surface area contributed by atoms with Gasteiger partial charge in [-0.2, -0.15) is 5.26 Å². The Kier molecular flexibility index (Phi) is 6.88. The van der Waals surface area contributed by atoms with Crippen molar-refractivity contribution in [3.63, 3.8) is 0 Å². The van der Waals surface area contributed by atoms with E-state index in [-0.39, 0.29) is 17.3 Å². The Hall–Kier alpha value is -2.15. The Morgan fingerprint density at radius 1 is 1.25 bits per heavy atom. The van der Waals surface area contributed by atoms with E-state index in [4.69, 9.17) is 10.00 Å². The lowest BCUT2D eigenvalue weighted by Gasteiger charge is -2.44. The molecule has 0 aliphatic heterocycles. The normalized spacial score (nSPS) is 24.1. The van der Waals surface area contributed by atoms with Crippen molar-refractivity contribution >= 4 is 5.97 Å². The number of allylic oxidation sites excluding steroid dienone is 1. The molecule has 2 aliphatic rings. The Labute approximate surface area is 167 Å². The fourth-order valence-corrected chi connectivity index (χ4v) is 5.18. The average Bonchev–Trinajstić information content (AvgIpc) is 2.73. The SMILES string of the molecule is C=CCC[C@H]1CC[C@H](C2(C(=O)Oc3ccc(C#N)c(F)c3)CCCCC2)CC1. The maximum Gasteiger partial charge on any atom is 0.317 e. The van der Waals surface area contributed by atoms with E-state index in [1.807, 2.05) is 6.08 Å². The summed E-state index contributed by atoms with van der Waals surface area (Å²) >= 11 is 0. The van der Waals surface area contributed by atoms with Gasteiger partial charge in [-0.05, 0) is 62.5 Å². The van der Waals surface area contributed by atoms with Crippen LogP contribution in [0.1, 0.15) is 76.2 Å². The first-order valence-electron chi connectivity index (χ1n) is 10.6. The first-order chi connectivity index (χ1) is 13.6. The Morgan fingerprint density at radius 3 is 2.57 bits per heavy atom. The summed E-state index contributed by atoms with van der Waals surface area (Å²) in [5.74, 6) is 0.437. The number of benzene rings is 1. The summed E-state index contributed by atoms with van der Waals surface area (Å²) in [6.45, 7) is 3.82. The maximum absolute atomic E-state index is 13.9. The monoisotopic (exact) mass is 383 g/mol. The average molecular weight is 384 g/mol. The van der Waals surface area contributed by atoms with Gasteiger partial charge < -0.3 is 4.74 Å². The lowest BCUT2D eigenvalue weighted by Crippen LogP contribution is -2.44. The Bertz CT molecular complexity index is 737. The largest absolute Gasteiger partial charge is 0.426 e. The molecule has 1 aromatic rings. The summed E-state index contributed by atoms with van der Waals surface area (Å²) in [5.41, 5.74) is -0.475. The first-order valence-corrected chi connectivity index (χ1v) is 10.6. The van der Waals surface area contributed by atoms with Crippen molar-refractivity contribution in [2.75, 3.05) is 0 Å². The van der Waals surface area contributed by atoms with Gasteiger partial charge in [0.2, 0.25) is 0 Å². The van der Waals surface area contributed by atoms with Gasteiger partial charge in [0, 0.05) is 6.07 Å². The molecule has 2 fully saturated rings. The van der Waals surface area contributed by atoms with Crippen LogP contribution in [0.25, 0.3) is 0 Å². The summed E-state index contributed by atoms with van der Waals surface area (Å²) in [6.07, 6.45) is 13.7. The van der Waals surface area contributed by atoms with Gasteiger partial charge in [0.05, 0.1) is 11.0 Å². The van der Waals surface area contributed by atoms with Gasteiger partial charge in [0.1, 0.15) is 17.6 Å². The minimum Gasteiger partial charge on any atom is -0.426 e. The molecule has 150 valence electrons. The van der Waals surface area contributed by atoms with Crippen LogP contribution in [0.5, 0.6) is 5.75 Å². The van der Waals surface area contributed by atoms with E-state index < -0.39 is 11.2 Å². The third kappa shape index (κ3) is 4.46. The predicted molar refractivity (Wildman–Crippen MR) is 107 cm³/mol. The second-order valence-electron chi connectivity index (χ2n) is 8.44. The molecule has 0 spiro atoms. The Balaban J connectivity index is 1.72. The summed E-state index contributed by atoms with van der Waals surface area (Å²) in [4.78, 5) is 13.3. The molecule has 0 N–H and O–H groups in total. The molecular weight excluding hydrogens is 353 g/mol. The van der Waals surface area contributed by atoms with Crippen molar-refractivity contribution < 1.29 is 13.9 Å². The van der Waals surface area contributed by atoms with Crippen molar-refractivity contribution in [2.24, 2.45) is 17.3 Å². The number of hydrogen-bond donors (Lipinski definition) is 0. The number of halogens is 1. The molecule has 2 saturated carbocycles. The summed E-state index contributed by atoms with van der Waals surface area (Å²) in [7, 11) is 0. The van der Waals surface area contributed by atoms with Gasteiger partial charge in [0.25, 0.3) is 0 Å². The van der Waals surface area contributed by atoms with E-state index in [0.717, 1.165) is 63.4 Å². The third-order valence-corrected chi connectivity index (χ3v) is 6.83. The molecule has 28 heavy (non-hydrogen) atoms. The first kappa shape index (κ1) is 20.6. The molecule has 0 bridgehead atoms. The molecule has 0 aromatic heterocycles. The number of esters is 1. The second kappa shape index (κ2) is 9.37. The van der Waals surface area contributed by atoms with Crippen molar-refractivity contribution in [2.45, 2.75) is 70.6 Å². The maximum atomic E-state index is 13.9. The fourth-order valence-electron chi connectivity index (χ4n) is 5.18. The van der Waals surface area contributed by atoms with E-state index in [1.54, 1.807) is 6.07 Å². The van der Waals surface area contributed by atoms with E-state index in [1.165, 1.54) is 31.4 Å². The van der Waals surface area contributed by atoms with Crippen molar-refractivity contribution in [1.82, 2.24) is 0 Å². The van der Waals surface area contributed by atoms with Gasteiger partial charge in [-0.25, -0.2) is 4.39 Å². The highest BCUT2D eigenvalue weighted by molar-refractivity contribution is 5.79. The standard InChI is InChI=1S/C24H30FNO2/c1-2-3-7-18-8-11-20(12-9-18)24(14-5-4-6-15-24)23(27)28-21-13-10-19(17-26)22(25)16-21/h2,10,13,16,18,20H,1,3-9,11-12,14-15H2/t18-,20-. The van der Waals surface area contributed by atoms with Crippen LogP contribution < -0.4 is 4.74 Å². The highest BCUT2D eigenvalue weighted by Gasteiger charge is 2.48. The minimum atomic E-state index is -0.645. The van der Waals surface area contributed by atoms with Crippen LogP contribution in [0, 0.1) is 34.4 Å². The molecule has 0 atom stereocenters. The smallest absolute Gasteiger partial charge is 0.317 e. The summed E-state index contributed by atoms with van der Waals surface area (Å²) in [5, 5.41) is 8.88. The van der Waals surface area contributed by atoms with Gasteiger partial charge in [-0.3, -0.25) is 4.79 Å². The van der Waals surface area contributed by atoms with Crippen molar-refractivity contribution in [3.8, 4) is 11.8 Å². The number of hydrogen-bond acceptors (Lipinski definition) is 3. The summed E-state index contributed by atoms with van der Waals surface area (Å²) < 4.78 is 19.6. The number of carbonyl (C=O) groups excluding carboxylic acids is 1. The predicted octanol–water partition coefficient (Wildman–Crippen LogP) is 6.33. The van der Waals surface area contributed by atoms with Crippen LogP contribution in [0.4, 0.5) is 4.39 Å². The van der Waals surface area contributed by atoms with E-state index in [2.05, 4.69) is 6.58 Å². The molecule has 0 radical (unpaired) electrons. The molecule has 2 aliphatic carbocycles. The lowest BCUT2D eigenvalue weighted by atomic mass is 9.60. The topological polar surface area (TPSA) is 50.1 Å². The summed E-state index contributed by atoms with van der Waals surface area (Å²) in [6, 6.07) is 5.83. The lowest BCUT2D eigenvalue weighted by molar-refractivity contribution is -0.153. The number of nitriles is 1. The van der Waals surface area contributed by atoms with Gasteiger partial charge >= 0.3 is 5.97 Å². The van der Waals surface area contributed by atoms with Gasteiger partial charge in [0.15, 0.2) is 0 Å². The van der Waals surface area contributed by atoms with Crippen molar-refractivity contribution in [1.29, 1.82) is 5.26 Å². The van der Waals surface area contributed by atoms with E-state index in [0.29, 0.717) is 5.92 Å². The second-order valence-corrected chi connectivity index (χ2v) is 8.44. The molecule has 0 amide bonds. The highest BCUT2D eigenvalue weighted by Crippen LogP contribution is 2.50. The number of rotatable bonds is 6. The van der Waals surface area contributed by atoms with Crippen LogP contribution in [-0.4, -0.2) is 5.97 Å². The molecule has 0 saturated heterocycles. The van der Waals surface area contributed by atoms with E-state index >= 15 is 0 Å². The van der Waals surface area contributed by atoms with Crippen LogP contribution >= 0.6 is 0 Å². The molecule has 0 unspecified atom stereocenters. The van der Waals surface area contributed by atoms with Gasteiger partial charge in [-0.15, -0.1) is 6.58 Å². The Morgan fingerprint density at radius 2 is 1.96 bits per heavy atom. The molecular formula is C24H30FNO2. The fraction of sp³-hybridized carbons (Fsp3) is 0.583. The zero-order valence-electron chi connectivity index (χ0n) is 16.6. The van der Waals surface area contributed by atoms with Gasteiger partial charge in [-0.1, -0.05) is 38.2 Å². The van der Waals surface area contributed by atoms with Crippen molar-refractivity contribution in [3.05, 3.63) is 42.2 Å². The zero-order chi connectivity index (χ0) is 20.0. The number of nitrogens with zero attached hydrogens (tertiary/aromatic N) is 1. The van der Waals surface area contributed by atoms with Crippen LogP contribution in [0.3, 0.4) is 0 Å². The highest BCUT2D eigenvalue weighted by atomic mass is 19.1. The molecule has 0 heterocycles.